The number of rotatable bonds is 4. The molecule has 1 N–H and O–H groups in total. The van der Waals surface area contributed by atoms with Crippen molar-refractivity contribution in [3.8, 4) is 0 Å². The van der Waals surface area contributed by atoms with Crippen LogP contribution in [0.25, 0.3) is 10.9 Å². The van der Waals surface area contributed by atoms with Gasteiger partial charge in [-0.1, -0.05) is 18.2 Å². The molecule has 1 amide bonds. The van der Waals surface area contributed by atoms with Gasteiger partial charge in [-0.15, -0.1) is 0 Å². The number of carbonyl (C=O) groups is 1. The Kier molecular flexibility index (Phi) is 4.16. The minimum Gasteiger partial charge on any atom is -0.365 e. The zero-order chi connectivity index (χ0) is 15.6. The monoisotopic (exact) mass is 301 g/mol. The molecule has 1 saturated heterocycles. The lowest BCUT2D eigenvalue weighted by Gasteiger charge is -2.32. The number of nitrogens with zero attached hydrogens (tertiary/aromatic N) is 2. The Balaban J connectivity index is 1.75. The van der Waals surface area contributed by atoms with Crippen LogP contribution in [0.3, 0.4) is 0 Å². The van der Waals surface area contributed by atoms with Gasteiger partial charge >= 0.3 is 0 Å². The van der Waals surface area contributed by atoms with Crippen LogP contribution in [-0.4, -0.2) is 27.9 Å². The maximum absolute atomic E-state index is 12.4. The van der Waals surface area contributed by atoms with Crippen LogP contribution < -0.4 is 5.32 Å². The van der Waals surface area contributed by atoms with Crippen molar-refractivity contribution in [2.45, 2.75) is 51.8 Å². The minimum absolute atomic E-state index is 0.0395. The second-order valence-electron chi connectivity index (χ2n) is 6.00. The molecule has 0 radical (unpaired) electrons. The summed E-state index contributed by atoms with van der Waals surface area (Å²) in [7, 11) is 0. The molecule has 1 aliphatic heterocycles. The van der Waals surface area contributed by atoms with Gasteiger partial charge in [0, 0.05) is 18.5 Å². The van der Waals surface area contributed by atoms with E-state index >= 15 is 0 Å². The number of carbonyl (C=O) groups excluding carboxylic acids is 1. The summed E-state index contributed by atoms with van der Waals surface area (Å²) in [5.74, 6) is -0.0395. The van der Waals surface area contributed by atoms with Crippen molar-refractivity contribution in [2.75, 3.05) is 6.61 Å². The molecule has 0 bridgehead atoms. The first-order chi connectivity index (χ1) is 10.6. The molecule has 2 heterocycles. The Bertz CT molecular complexity index is 672. The molecule has 0 unspecified atom stereocenters. The molecule has 3 rings (SSSR count). The minimum atomic E-state index is -0.693. The zero-order valence-corrected chi connectivity index (χ0v) is 13.3. The van der Waals surface area contributed by atoms with E-state index in [0.717, 1.165) is 42.4 Å². The number of amides is 1. The number of aryl methyl sites for hydroxylation is 1. The molecule has 1 aromatic heterocycles. The summed E-state index contributed by atoms with van der Waals surface area (Å²) in [6.07, 6.45) is 2.86. The Labute approximate surface area is 130 Å². The lowest BCUT2D eigenvalue weighted by atomic mass is 9.95. The van der Waals surface area contributed by atoms with Gasteiger partial charge in [0.1, 0.15) is 5.60 Å². The quantitative estimate of drug-likeness (QED) is 0.944. The first-order valence-corrected chi connectivity index (χ1v) is 8.01. The summed E-state index contributed by atoms with van der Waals surface area (Å²) in [6.45, 7) is 5.86. The summed E-state index contributed by atoms with van der Waals surface area (Å²) in [6, 6.07) is 8.12. The highest BCUT2D eigenvalue weighted by molar-refractivity contribution is 5.86. The molecule has 1 atom stereocenters. The van der Waals surface area contributed by atoms with Gasteiger partial charge in [0.15, 0.2) is 0 Å². The fourth-order valence-electron chi connectivity index (χ4n) is 3.03. The van der Waals surface area contributed by atoms with E-state index in [9.17, 15) is 4.79 Å². The van der Waals surface area contributed by atoms with Gasteiger partial charge in [-0.05, 0) is 39.2 Å². The second-order valence-corrected chi connectivity index (χ2v) is 6.00. The molecule has 0 saturated carbocycles. The van der Waals surface area contributed by atoms with E-state index < -0.39 is 5.60 Å². The van der Waals surface area contributed by atoms with Crippen LogP contribution in [0.4, 0.5) is 0 Å². The first kappa shape index (κ1) is 15.0. The molecule has 22 heavy (non-hydrogen) atoms. The fraction of sp³-hybridized carbons (Fsp3) is 0.529. The molecule has 5 nitrogen and oxygen atoms in total. The maximum Gasteiger partial charge on any atom is 0.252 e. The van der Waals surface area contributed by atoms with Crippen LogP contribution >= 0.6 is 0 Å². The van der Waals surface area contributed by atoms with Crippen LogP contribution in [0.15, 0.2) is 24.3 Å². The average Bonchev–Trinajstić information content (AvgIpc) is 2.91. The van der Waals surface area contributed by atoms with Crippen LogP contribution in [-0.2, 0) is 22.6 Å². The van der Waals surface area contributed by atoms with Crippen molar-refractivity contribution >= 4 is 16.8 Å². The highest BCUT2D eigenvalue weighted by atomic mass is 16.5. The zero-order valence-electron chi connectivity index (χ0n) is 13.3. The van der Waals surface area contributed by atoms with Crippen molar-refractivity contribution < 1.29 is 9.53 Å². The first-order valence-electron chi connectivity index (χ1n) is 8.01. The average molecular weight is 301 g/mol. The predicted molar refractivity (Wildman–Crippen MR) is 85.5 cm³/mol. The van der Waals surface area contributed by atoms with Crippen LogP contribution in [0.5, 0.6) is 0 Å². The van der Waals surface area contributed by atoms with Crippen molar-refractivity contribution in [3.63, 3.8) is 0 Å². The van der Waals surface area contributed by atoms with Crippen LogP contribution in [0.2, 0.25) is 0 Å². The van der Waals surface area contributed by atoms with E-state index in [1.165, 1.54) is 0 Å². The standard InChI is InChI=1S/C17H23N3O2/c1-3-20-15-9-5-4-8-13(15)14(19-20)12-18-16(21)17(2)10-6-7-11-22-17/h4-5,8-9H,3,6-7,10-12H2,1-2H3,(H,18,21)/t17-/m1/s1. The lowest BCUT2D eigenvalue weighted by Crippen LogP contribution is -2.48. The lowest BCUT2D eigenvalue weighted by molar-refractivity contribution is -0.150. The second kappa shape index (κ2) is 6.08. The molecule has 0 spiro atoms. The summed E-state index contributed by atoms with van der Waals surface area (Å²) in [5, 5.41) is 8.70. The summed E-state index contributed by atoms with van der Waals surface area (Å²) < 4.78 is 7.66. The van der Waals surface area contributed by atoms with Gasteiger partial charge in [0.05, 0.1) is 17.8 Å². The molecule has 2 aromatic rings. The van der Waals surface area contributed by atoms with E-state index in [1.807, 2.05) is 23.7 Å². The predicted octanol–water partition coefficient (Wildman–Crippen LogP) is 2.63. The van der Waals surface area contributed by atoms with E-state index in [-0.39, 0.29) is 5.91 Å². The highest BCUT2D eigenvalue weighted by Crippen LogP contribution is 2.25. The third kappa shape index (κ3) is 2.73. The van der Waals surface area contributed by atoms with Gasteiger partial charge in [0.2, 0.25) is 0 Å². The van der Waals surface area contributed by atoms with Gasteiger partial charge in [0.25, 0.3) is 5.91 Å². The Morgan fingerprint density at radius 1 is 1.41 bits per heavy atom. The summed E-state index contributed by atoms with van der Waals surface area (Å²) >= 11 is 0. The number of hydrogen-bond donors (Lipinski definition) is 1. The SMILES string of the molecule is CCn1nc(CNC(=O)[C@@]2(C)CCCCO2)c2ccccc21. The van der Waals surface area contributed by atoms with Crippen molar-refractivity contribution in [2.24, 2.45) is 0 Å². The van der Waals surface area contributed by atoms with Gasteiger partial charge in [-0.25, -0.2) is 0 Å². The fourth-order valence-corrected chi connectivity index (χ4v) is 3.03. The van der Waals surface area contributed by atoms with Crippen LogP contribution in [0.1, 0.15) is 38.8 Å². The number of nitrogens with one attached hydrogen (secondary N) is 1. The molecule has 5 heteroatoms. The van der Waals surface area contributed by atoms with Crippen LogP contribution in [0, 0.1) is 0 Å². The summed E-state index contributed by atoms with van der Waals surface area (Å²) in [5.41, 5.74) is 1.32. The third-order valence-electron chi connectivity index (χ3n) is 4.40. The number of benzene rings is 1. The molecule has 1 fully saturated rings. The van der Waals surface area contributed by atoms with Gasteiger partial charge < -0.3 is 10.1 Å². The molecule has 0 aliphatic carbocycles. The van der Waals surface area contributed by atoms with Gasteiger partial charge in [-0.2, -0.15) is 5.10 Å². The van der Waals surface area contributed by atoms with E-state index in [0.29, 0.717) is 13.2 Å². The Morgan fingerprint density at radius 2 is 2.23 bits per heavy atom. The summed E-state index contributed by atoms with van der Waals surface area (Å²) in [4.78, 5) is 12.4. The molecule has 118 valence electrons. The smallest absolute Gasteiger partial charge is 0.252 e. The maximum atomic E-state index is 12.4. The van der Waals surface area contributed by atoms with E-state index in [1.54, 1.807) is 0 Å². The number of fused-ring (bicyclic) bond motifs is 1. The van der Waals surface area contributed by atoms with E-state index in [2.05, 4.69) is 29.5 Å². The van der Waals surface area contributed by atoms with Crippen molar-refractivity contribution in [3.05, 3.63) is 30.0 Å². The number of hydrogen-bond acceptors (Lipinski definition) is 3. The Hall–Kier alpha value is -1.88. The molecule has 1 aromatic carbocycles. The largest absolute Gasteiger partial charge is 0.365 e. The van der Waals surface area contributed by atoms with Gasteiger partial charge in [-0.3, -0.25) is 9.48 Å². The van der Waals surface area contributed by atoms with Crippen molar-refractivity contribution in [1.29, 1.82) is 0 Å². The normalized spacial score (nSPS) is 21.9. The number of ether oxygens (including phenoxy) is 1. The molecular formula is C17H23N3O2. The molecular weight excluding hydrogens is 278 g/mol. The highest BCUT2D eigenvalue weighted by Gasteiger charge is 2.35. The van der Waals surface area contributed by atoms with Crippen molar-refractivity contribution in [1.82, 2.24) is 15.1 Å². The molecule has 1 aliphatic rings. The topological polar surface area (TPSA) is 56.2 Å². The third-order valence-corrected chi connectivity index (χ3v) is 4.40. The Morgan fingerprint density at radius 3 is 2.95 bits per heavy atom. The number of aromatic nitrogens is 2. The van der Waals surface area contributed by atoms with E-state index in [4.69, 9.17) is 4.74 Å². The number of para-hydroxylation sites is 1.